The van der Waals surface area contributed by atoms with Gasteiger partial charge < -0.3 is 9.47 Å². The van der Waals surface area contributed by atoms with Crippen LogP contribution in [-0.4, -0.2) is 12.9 Å². The summed E-state index contributed by atoms with van der Waals surface area (Å²) in [7, 11) is 0. The summed E-state index contributed by atoms with van der Waals surface area (Å²) in [6.45, 7) is 2.09. The fourth-order valence-corrected chi connectivity index (χ4v) is 2.88. The van der Waals surface area contributed by atoms with E-state index in [9.17, 15) is 4.79 Å². The highest BCUT2D eigenvalue weighted by atomic mass is 35.5. The van der Waals surface area contributed by atoms with E-state index in [0.717, 1.165) is 30.4 Å². The van der Waals surface area contributed by atoms with Gasteiger partial charge in [0.25, 0.3) is 0 Å². The van der Waals surface area contributed by atoms with Crippen LogP contribution in [-0.2, 0) is 10.3 Å². The molecule has 1 fully saturated rings. The zero-order valence-electron chi connectivity index (χ0n) is 9.96. The molecule has 4 nitrogen and oxygen atoms in total. The third-order valence-electron chi connectivity index (χ3n) is 3.76. The molecule has 1 aliphatic carbocycles. The number of isocyanates is 1. The van der Waals surface area contributed by atoms with Gasteiger partial charge in [-0.2, -0.15) is 4.99 Å². The number of aliphatic imine (C=N–C) groups is 1. The van der Waals surface area contributed by atoms with E-state index in [-0.39, 0.29) is 6.79 Å². The van der Waals surface area contributed by atoms with Gasteiger partial charge in [-0.05, 0) is 32.3 Å². The van der Waals surface area contributed by atoms with Gasteiger partial charge in [0.15, 0.2) is 11.5 Å². The van der Waals surface area contributed by atoms with Crippen molar-refractivity contribution in [2.75, 3.05) is 6.79 Å². The van der Waals surface area contributed by atoms with Gasteiger partial charge in [-0.1, -0.05) is 11.6 Å². The van der Waals surface area contributed by atoms with Gasteiger partial charge in [-0.3, -0.25) is 0 Å². The molecule has 0 N–H and O–H groups in total. The van der Waals surface area contributed by atoms with Crippen molar-refractivity contribution < 1.29 is 14.3 Å². The Balaban J connectivity index is 2.18. The molecule has 1 heterocycles. The Morgan fingerprint density at radius 2 is 2.22 bits per heavy atom. The molecule has 3 rings (SSSR count). The van der Waals surface area contributed by atoms with E-state index >= 15 is 0 Å². The molecular formula is C13H12ClNO3. The highest BCUT2D eigenvalue weighted by molar-refractivity contribution is 6.32. The Morgan fingerprint density at radius 1 is 1.44 bits per heavy atom. The molecular weight excluding hydrogens is 254 g/mol. The molecule has 2 aliphatic rings. The van der Waals surface area contributed by atoms with E-state index in [0.29, 0.717) is 16.5 Å². The summed E-state index contributed by atoms with van der Waals surface area (Å²) in [4.78, 5) is 14.6. The average molecular weight is 266 g/mol. The summed E-state index contributed by atoms with van der Waals surface area (Å²) in [6, 6.07) is 1.84. The van der Waals surface area contributed by atoms with Crippen molar-refractivity contribution in [2.24, 2.45) is 4.99 Å². The van der Waals surface area contributed by atoms with Gasteiger partial charge in [0.2, 0.25) is 12.9 Å². The summed E-state index contributed by atoms with van der Waals surface area (Å²) < 4.78 is 10.8. The first-order valence-electron chi connectivity index (χ1n) is 5.86. The number of halogens is 1. The van der Waals surface area contributed by atoms with Crippen molar-refractivity contribution in [1.82, 2.24) is 0 Å². The second-order valence-electron chi connectivity index (χ2n) is 4.69. The maximum atomic E-state index is 10.6. The molecule has 0 spiro atoms. The topological polar surface area (TPSA) is 47.9 Å². The van der Waals surface area contributed by atoms with Gasteiger partial charge in [0.1, 0.15) is 0 Å². The van der Waals surface area contributed by atoms with Crippen molar-refractivity contribution in [2.45, 2.75) is 31.7 Å². The molecule has 0 atom stereocenters. The summed E-state index contributed by atoms with van der Waals surface area (Å²) >= 11 is 6.38. The van der Waals surface area contributed by atoms with Crippen LogP contribution in [0.4, 0.5) is 0 Å². The Morgan fingerprint density at radius 3 is 2.83 bits per heavy atom. The summed E-state index contributed by atoms with van der Waals surface area (Å²) in [5.74, 6) is 1.37. The monoisotopic (exact) mass is 265 g/mol. The van der Waals surface area contributed by atoms with E-state index < -0.39 is 5.54 Å². The lowest BCUT2D eigenvalue weighted by Crippen LogP contribution is -2.32. The number of nitrogens with zero attached hydrogens (tertiary/aromatic N) is 1. The molecule has 0 radical (unpaired) electrons. The third-order valence-corrected chi connectivity index (χ3v) is 4.25. The Hall–Kier alpha value is -1.51. The predicted octanol–water partition coefficient (Wildman–Crippen LogP) is 3.09. The number of carbonyl (C=O) groups excluding carboxylic acids is 1. The van der Waals surface area contributed by atoms with Crippen LogP contribution in [0.3, 0.4) is 0 Å². The minimum atomic E-state index is -0.509. The first kappa shape index (κ1) is 11.6. The number of benzene rings is 1. The summed E-state index contributed by atoms with van der Waals surface area (Å²) in [5, 5.41) is 0.609. The van der Waals surface area contributed by atoms with Crippen LogP contribution < -0.4 is 9.47 Å². The van der Waals surface area contributed by atoms with Crippen LogP contribution in [0.15, 0.2) is 11.1 Å². The SMILES string of the molecule is Cc1c(Cl)c(C2(N=C=O)CCC2)cc2c1OCO2. The molecule has 0 aromatic heterocycles. The molecule has 1 aromatic rings. The van der Waals surface area contributed by atoms with Gasteiger partial charge in [0.05, 0.1) is 10.6 Å². The van der Waals surface area contributed by atoms with E-state index in [4.69, 9.17) is 21.1 Å². The Kier molecular flexibility index (Phi) is 2.58. The zero-order chi connectivity index (χ0) is 12.8. The van der Waals surface area contributed by atoms with Crippen molar-refractivity contribution in [3.8, 4) is 11.5 Å². The summed E-state index contributed by atoms with van der Waals surface area (Å²) in [5.41, 5.74) is 1.18. The molecule has 5 heteroatoms. The van der Waals surface area contributed by atoms with Gasteiger partial charge in [-0.25, -0.2) is 4.79 Å². The van der Waals surface area contributed by atoms with Crippen molar-refractivity contribution in [3.63, 3.8) is 0 Å². The normalized spacial score (nSPS) is 19.0. The smallest absolute Gasteiger partial charge is 0.235 e. The minimum absolute atomic E-state index is 0.208. The molecule has 0 amide bonds. The lowest BCUT2D eigenvalue weighted by atomic mass is 9.72. The largest absolute Gasteiger partial charge is 0.454 e. The van der Waals surface area contributed by atoms with Crippen molar-refractivity contribution in [3.05, 3.63) is 22.2 Å². The van der Waals surface area contributed by atoms with Crippen LogP contribution in [0.5, 0.6) is 11.5 Å². The lowest BCUT2D eigenvalue weighted by molar-refractivity contribution is 0.173. The van der Waals surface area contributed by atoms with E-state index in [1.807, 2.05) is 13.0 Å². The molecule has 1 aliphatic heterocycles. The number of hydrogen-bond acceptors (Lipinski definition) is 4. The van der Waals surface area contributed by atoms with Crippen LogP contribution in [0, 0.1) is 6.92 Å². The predicted molar refractivity (Wildman–Crippen MR) is 66.0 cm³/mol. The second kappa shape index (κ2) is 4.01. The molecule has 1 aromatic carbocycles. The van der Waals surface area contributed by atoms with Crippen molar-refractivity contribution >= 4 is 17.7 Å². The van der Waals surface area contributed by atoms with Crippen LogP contribution in [0.25, 0.3) is 0 Å². The number of fused-ring (bicyclic) bond motifs is 1. The fraction of sp³-hybridized carbons (Fsp3) is 0.462. The third kappa shape index (κ3) is 1.46. The summed E-state index contributed by atoms with van der Waals surface area (Å²) in [6.07, 6.45) is 4.35. The standard InChI is InChI=1S/C13H12ClNO3/c1-8-11(14)9(5-10-12(8)18-7-17-10)13(15-6-16)3-2-4-13/h5H,2-4,7H2,1H3. The maximum absolute atomic E-state index is 10.6. The van der Waals surface area contributed by atoms with Gasteiger partial charge >= 0.3 is 0 Å². The van der Waals surface area contributed by atoms with Crippen LogP contribution in [0.2, 0.25) is 5.02 Å². The van der Waals surface area contributed by atoms with Gasteiger partial charge in [-0.15, -0.1) is 0 Å². The molecule has 18 heavy (non-hydrogen) atoms. The Labute approximate surface area is 110 Å². The average Bonchev–Trinajstić information content (AvgIpc) is 2.77. The number of rotatable bonds is 2. The molecule has 94 valence electrons. The van der Waals surface area contributed by atoms with E-state index in [1.165, 1.54) is 0 Å². The van der Waals surface area contributed by atoms with E-state index in [2.05, 4.69) is 4.99 Å². The Bertz CT molecular complexity index is 560. The minimum Gasteiger partial charge on any atom is -0.454 e. The van der Waals surface area contributed by atoms with E-state index in [1.54, 1.807) is 6.08 Å². The molecule has 0 saturated heterocycles. The van der Waals surface area contributed by atoms with Crippen LogP contribution >= 0.6 is 11.6 Å². The second-order valence-corrected chi connectivity index (χ2v) is 5.06. The van der Waals surface area contributed by atoms with Gasteiger partial charge in [0, 0.05) is 11.1 Å². The molecule has 0 bridgehead atoms. The van der Waals surface area contributed by atoms with Crippen molar-refractivity contribution in [1.29, 1.82) is 0 Å². The zero-order valence-corrected chi connectivity index (χ0v) is 10.7. The van der Waals surface area contributed by atoms with Crippen LogP contribution in [0.1, 0.15) is 30.4 Å². The first-order chi connectivity index (χ1) is 8.68. The highest BCUT2D eigenvalue weighted by Gasteiger charge is 2.42. The highest BCUT2D eigenvalue weighted by Crippen LogP contribution is 2.51. The fourth-order valence-electron chi connectivity index (χ4n) is 2.56. The number of hydrogen-bond donors (Lipinski definition) is 0. The first-order valence-corrected chi connectivity index (χ1v) is 6.24. The molecule has 1 saturated carbocycles. The lowest BCUT2D eigenvalue weighted by Gasteiger charge is -2.38. The number of ether oxygens (including phenoxy) is 2. The quantitative estimate of drug-likeness (QED) is 0.610. The maximum Gasteiger partial charge on any atom is 0.235 e. The molecule has 0 unspecified atom stereocenters.